The molecular weight excluding hydrogens is 266 g/mol. The highest BCUT2D eigenvalue weighted by Gasteiger charge is 2.07. The Balaban J connectivity index is 2.51. The minimum Gasteiger partial charge on any atom is -0.475 e. The Bertz CT molecular complexity index is 388. The Morgan fingerprint density at radius 3 is 2.74 bits per heavy atom. The molecule has 1 rings (SSSR count). The Morgan fingerprint density at radius 2 is 2.11 bits per heavy atom. The molecule has 5 nitrogen and oxygen atoms in total. The van der Waals surface area contributed by atoms with Gasteiger partial charge in [0.25, 0.3) is 0 Å². The Labute approximate surface area is 119 Å². The molecule has 0 aliphatic heterocycles. The monoisotopic (exact) mass is 287 g/mol. The molecule has 0 spiro atoms. The Kier molecular flexibility index (Phi) is 6.87. The molecule has 0 saturated carbocycles. The van der Waals surface area contributed by atoms with Crippen LogP contribution in [-0.2, 0) is 4.74 Å². The van der Waals surface area contributed by atoms with Gasteiger partial charge in [-0.2, -0.15) is 4.98 Å². The summed E-state index contributed by atoms with van der Waals surface area (Å²) in [5.41, 5.74) is 0.868. The summed E-state index contributed by atoms with van der Waals surface area (Å²) in [6.07, 6.45) is 0.878. The van der Waals surface area contributed by atoms with Crippen LogP contribution in [-0.4, -0.2) is 41.7 Å². The number of aromatic nitrogens is 2. The van der Waals surface area contributed by atoms with E-state index in [1.807, 2.05) is 26.8 Å². The molecule has 0 bridgehead atoms. The van der Waals surface area contributed by atoms with Gasteiger partial charge in [-0.05, 0) is 27.2 Å². The first-order valence-corrected chi connectivity index (χ1v) is 6.84. The minimum absolute atomic E-state index is 0.00584. The molecule has 108 valence electrons. The van der Waals surface area contributed by atoms with E-state index in [1.54, 1.807) is 7.11 Å². The van der Waals surface area contributed by atoms with Crippen LogP contribution in [0.5, 0.6) is 5.88 Å². The summed E-state index contributed by atoms with van der Waals surface area (Å²) in [6, 6.07) is 1.82. The van der Waals surface area contributed by atoms with Crippen molar-refractivity contribution in [1.82, 2.24) is 9.97 Å². The number of aryl methyl sites for hydroxylation is 1. The van der Waals surface area contributed by atoms with Crippen LogP contribution in [0.1, 0.15) is 26.0 Å². The summed E-state index contributed by atoms with van der Waals surface area (Å²) in [4.78, 5) is 8.61. The Hall–Kier alpha value is -1.07. The van der Waals surface area contributed by atoms with Crippen molar-refractivity contribution in [3.05, 3.63) is 11.8 Å². The maximum atomic E-state index is 6.05. The predicted octanol–water partition coefficient (Wildman–Crippen LogP) is 2.63. The standard InChI is InChI=1S/C13H22ClN3O2/c1-9(2)19-12-7-10(3)16-13(17-12)15-6-5-11(14)8-18-4/h7,9,11H,5-6,8H2,1-4H3,(H,15,16,17). The molecule has 1 aromatic heterocycles. The van der Waals surface area contributed by atoms with Crippen LogP contribution < -0.4 is 10.1 Å². The fourth-order valence-corrected chi connectivity index (χ4v) is 1.76. The third kappa shape index (κ3) is 6.59. The van der Waals surface area contributed by atoms with Crippen LogP contribution >= 0.6 is 11.6 Å². The van der Waals surface area contributed by atoms with Crippen LogP contribution in [0, 0.1) is 6.92 Å². The van der Waals surface area contributed by atoms with Gasteiger partial charge in [0.15, 0.2) is 0 Å². The number of nitrogens with zero attached hydrogens (tertiary/aromatic N) is 2. The zero-order valence-corrected chi connectivity index (χ0v) is 12.7. The summed E-state index contributed by atoms with van der Waals surface area (Å²) in [5.74, 6) is 1.15. The van der Waals surface area contributed by atoms with Crippen LogP contribution in [0.4, 0.5) is 5.95 Å². The second kappa shape index (κ2) is 8.17. The highest BCUT2D eigenvalue weighted by Crippen LogP contribution is 2.13. The maximum absolute atomic E-state index is 6.05. The van der Waals surface area contributed by atoms with Crippen molar-refractivity contribution in [2.45, 2.75) is 38.7 Å². The van der Waals surface area contributed by atoms with E-state index in [0.29, 0.717) is 25.0 Å². The van der Waals surface area contributed by atoms with Crippen LogP contribution in [0.15, 0.2) is 6.07 Å². The molecule has 1 unspecified atom stereocenters. The molecule has 0 radical (unpaired) electrons. The second-order valence-electron chi connectivity index (χ2n) is 4.61. The average Bonchev–Trinajstić information content (AvgIpc) is 2.27. The fraction of sp³-hybridized carbons (Fsp3) is 0.692. The average molecular weight is 288 g/mol. The first-order valence-electron chi connectivity index (χ1n) is 6.40. The normalized spacial score (nSPS) is 12.5. The zero-order chi connectivity index (χ0) is 14.3. The molecule has 0 aliphatic rings. The number of methoxy groups -OCH3 is 1. The predicted molar refractivity (Wildman–Crippen MR) is 77.2 cm³/mol. The lowest BCUT2D eigenvalue weighted by molar-refractivity contribution is 0.196. The third-order valence-electron chi connectivity index (χ3n) is 2.28. The van der Waals surface area contributed by atoms with Gasteiger partial charge in [-0.3, -0.25) is 0 Å². The molecule has 6 heteroatoms. The van der Waals surface area contributed by atoms with Crippen molar-refractivity contribution in [3.8, 4) is 5.88 Å². The summed E-state index contributed by atoms with van der Waals surface area (Å²) in [7, 11) is 1.64. The summed E-state index contributed by atoms with van der Waals surface area (Å²) < 4.78 is 10.5. The minimum atomic E-state index is -0.00584. The lowest BCUT2D eigenvalue weighted by Gasteiger charge is -2.12. The molecule has 1 atom stereocenters. The van der Waals surface area contributed by atoms with E-state index in [2.05, 4.69) is 15.3 Å². The second-order valence-corrected chi connectivity index (χ2v) is 5.22. The molecule has 0 aromatic carbocycles. The smallest absolute Gasteiger partial charge is 0.226 e. The van der Waals surface area contributed by atoms with Crippen LogP contribution in [0.25, 0.3) is 0 Å². The number of hydrogen-bond donors (Lipinski definition) is 1. The van der Waals surface area contributed by atoms with Crippen molar-refractivity contribution in [1.29, 1.82) is 0 Å². The topological polar surface area (TPSA) is 56.3 Å². The number of ether oxygens (including phenoxy) is 2. The van der Waals surface area contributed by atoms with Crippen molar-refractivity contribution in [2.24, 2.45) is 0 Å². The van der Waals surface area contributed by atoms with Gasteiger partial charge in [0, 0.05) is 25.4 Å². The summed E-state index contributed by atoms with van der Waals surface area (Å²) in [5, 5.41) is 3.14. The number of alkyl halides is 1. The fourth-order valence-electron chi connectivity index (χ4n) is 1.53. The van der Waals surface area contributed by atoms with E-state index in [4.69, 9.17) is 21.1 Å². The largest absolute Gasteiger partial charge is 0.475 e. The van der Waals surface area contributed by atoms with Gasteiger partial charge in [-0.25, -0.2) is 4.98 Å². The van der Waals surface area contributed by atoms with Gasteiger partial charge >= 0.3 is 0 Å². The molecule has 0 amide bonds. The molecule has 0 saturated heterocycles. The van der Waals surface area contributed by atoms with Gasteiger partial charge in [0.2, 0.25) is 11.8 Å². The van der Waals surface area contributed by atoms with E-state index >= 15 is 0 Å². The number of nitrogens with one attached hydrogen (secondary N) is 1. The first-order chi connectivity index (χ1) is 9.01. The van der Waals surface area contributed by atoms with Crippen molar-refractivity contribution in [3.63, 3.8) is 0 Å². The molecule has 0 fully saturated rings. The summed E-state index contributed by atoms with van der Waals surface area (Å²) in [6.45, 7) is 7.08. The van der Waals surface area contributed by atoms with Crippen molar-refractivity contribution >= 4 is 17.5 Å². The lowest BCUT2D eigenvalue weighted by Crippen LogP contribution is -2.15. The quantitative estimate of drug-likeness (QED) is 0.745. The molecule has 1 N–H and O–H groups in total. The SMILES string of the molecule is COCC(Cl)CCNc1nc(C)cc(OC(C)C)n1. The Morgan fingerprint density at radius 1 is 1.37 bits per heavy atom. The van der Waals surface area contributed by atoms with Crippen molar-refractivity contribution in [2.75, 3.05) is 25.6 Å². The number of halogens is 1. The van der Waals surface area contributed by atoms with Gasteiger partial charge in [-0.1, -0.05) is 0 Å². The van der Waals surface area contributed by atoms with E-state index in [1.165, 1.54) is 0 Å². The maximum Gasteiger partial charge on any atom is 0.226 e. The van der Waals surface area contributed by atoms with Crippen LogP contribution in [0.3, 0.4) is 0 Å². The third-order valence-corrected chi connectivity index (χ3v) is 2.62. The highest BCUT2D eigenvalue weighted by molar-refractivity contribution is 6.20. The molecule has 1 aromatic rings. The van der Waals surface area contributed by atoms with Gasteiger partial charge in [0.05, 0.1) is 18.1 Å². The summed E-state index contributed by atoms with van der Waals surface area (Å²) >= 11 is 6.05. The zero-order valence-electron chi connectivity index (χ0n) is 11.9. The van der Waals surface area contributed by atoms with E-state index in [0.717, 1.165) is 12.1 Å². The molecule has 1 heterocycles. The van der Waals surface area contributed by atoms with Gasteiger partial charge in [0.1, 0.15) is 0 Å². The van der Waals surface area contributed by atoms with Crippen molar-refractivity contribution < 1.29 is 9.47 Å². The number of rotatable bonds is 8. The van der Waals surface area contributed by atoms with Gasteiger partial charge < -0.3 is 14.8 Å². The number of hydrogen-bond acceptors (Lipinski definition) is 5. The van der Waals surface area contributed by atoms with E-state index < -0.39 is 0 Å². The van der Waals surface area contributed by atoms with Crippen LogP contribution in [0.2, 0.25) is 0 Å². The van der Waals surface area contributed by atoms with E-state index in [9.17, 15) is 0 Å². The number of anilines is 1. The molecule has 0 aliphatic carbocycles. The molecular formula is C13H22ClN3O2. The van der Waals surface area contributed by atoms with Gasteiger partial charge in [-0.15, -0.1) is 11.6 Å². The van der Waals surface area contributed by atoms with E-state index in [-0.39, 0.29) is 11.5 Å². The first kappa shape index (κ1) is 16.0. The lowest BCUT2D eigenvalue weighted by atomic mass is 10.3. The molecule has 19 heavy (non-hydrogen) atoms. The highest BCUT2D eigenvalue weighted by atomic mass is 35.5.